The van der Waals surface area contributed by atoms with E-state index in [4.69, 9.17) is 4.74 Å². The van der Waals surface area contributed by atoms with Gasteiger partial charge in [-0.15, -0.1) is 18.3 Å². The fourth-order valence-corrected chi connectivity index (χ4v) is 9.34. The van der Waals surface area contributed by atoms with Crippen molar-refractivity contribution in [3.63, 3.8) is 0 Å². The Morgan fingerprint density at radius 3 is 2.65 bits per heavy atom. The maximum Gasteiger partial charge on any atom is 0.316 e. The van der Waals surface area contributed by atoms with Gasteiger partial charge in [-0.05, 0) is 69.2 Å². The normalized spacial score (nSPS) is 48.6. The quantitative estimate of drug-likeness (QED) is 0.412. The largest absolute Gasteiger partial charge is 0.461 e. The monoisotopic (exact) mass is 491 g/mol. The van der Waals surface area contributed by atoms with Gasteiger partial charge in [-0.1, -0.05) is 33.8 Å². The molecule has 0 aromatic rings. The number of aliphatic hydroxyl groups excluding tert-OH is 1. The molecule has 6 heteroatoms. The molecule has 2 N–H and O–H groups in total. The van der Waals surface area contributed by atoms with Gasteiger partial charge in [-0.2, -0.15) is 0 Å². The van der Waals surface area contributed by atoms with Crippen LogP contribution >= 0.6 is 11.8 Å². The molecule has 0 aliphatic heterocycles. The summed E-state index contributed by atoms with van der Waals surface area (Å²) in [4.78, 5) is 26.7. The summed E-state index contributed by atoms with van der Waals surface area (Å²) >= 11 is 1.71. The van der Waals surface area contributed by atoms with Crippen molar-refractivity contribution in [2.75, 3.05) is 12.8 Å². The summed E-state index contributed by atoms with van der Waals surface area (Å²) in [6.45, 7) is 12.7. The van der Waals surface area contributed by atoms with Crippen LogP contribution in [0.1, 0.15) is 79.1 Å². The number of Topliss-reactive ketones (excluding diaryl/α,β-unsaturated/α-hetero) is 1. The van der Waals surface area contributed by atoms with Crippen molar-refractivity contribution < 1.29 is 19.4 Å². The lowest BCUT2D eigenvalue weighted by molar-refractivity contribution is -0.205. The lowest BCUT2D eigenvalue weighted by Crippen LogP contribution is -2.63. The number of hydrogen-bond donors (Lipinski definition) is 2. The van der Waals surface area contributed by atoms with E-state index in [0.717, 1.165) is 38.5 Å². The van der Waals surface area contributed by atoms with E-state index >= 15 is 0 Å². The van der Waals surface area contributed by atoms with Gasteiger partial charge >= 0.3 is 5.97 Å². The Morgan fingerprint density at radius 1 is 1.26 bits per heavy atom. The molecule has 0 amide bonds. The molecule has 34 heavy (non-hydrogen) atoms. The summed E-state index contributed by atoms with van der Waals surface area (Å²) in [6.07, 6.45) is 8.04. The third-order valence-electron chi connectivity index (χ3n) is 10.8. The number of aliphatic hydroxyl groups is 1. The van der Waals surface area contributed by atoms with Crippen LogP contribution in [0, 0.1) is 34.0 Å². The number of nitrogens with one attached hydrogen (secondary N) is 1. The fourth-order valence-electron chi connectivity index (χ4n) is 8.23. The minimum Gasteiger partial charge on any atom is -0.461 e. The minimum absolute atomic E-state index is 0.00605. The fraction of sp³-hybridized carbons (Fsp3) is 0.857. The van der Waals surface area contributed by atoms with Crippen LogP contribution in [0.25, 0.3) is 0 Å². The zero-order valence-electron chi connectivity index (χ0n) is 21.8. The Bertz CT molecular complexity index is 818. The summed E-state index contributed by atoms with van der Waals surface area (Å²) in [5, 5.41) is 15.4. The molecule has 192 valence electrons. The van der Waals surface area contributed by atoms with Gasteiger partial charge in [-0.3, -0.25) is 9.59 Å². The Morgan fingerprint density at radius 2 is 2.00 bits per heavy atom. The second-order valence-electron chi connectivity index (χ2n) is 12.3. The van der Waals surface area contributed by atoms with E-state index < -0.39 is 23.0 Å². The molecular weight excluding hydrogens is 446 g/mol. The van der Waals surface area contributed by atoms with Crippen LogP contribution in [0.15, 0.2) is 12.7 Å². The topological polar surface area (TPSA) is 75.6 Å². The van der Waals surface area contributed by atoms with Crippen molar-refractivity contribution in [3.8, 4) is 0 Å². The summed E-state index contributed by atoms with van der Waals surface area (Å²) in [7, 11) is 2.00. The molecule has 0 aromatic carbocycles. The average molecular weight is 492 g/mol. The maximum atomic E-state index is 13.5. The van der Waals surface area contributed by atoms with Crippen LogP contribution in [0.4, 0.5) is 0 Å². The van der Waals surface area contributed by atoms with Crippen LogP contribution in [0.2, 0.25) is 0 Å². The Balaban J connectivity index is 1.62. The zero-order valence-corrected chi connectivity index (χ0v) is 22.6. The molecule has 10 atom stereocenters. The number of ketones is 1. The van der Waals surface area contributed by atoms with E-state index in [0.29, 0.717) is 35.7 Å². The summed E-state index contributed by atoms with van der Waals surface area (Å²) < 4.78 is 6.35. The van der Waals surface area contributed by atoms with Crippen LogP contribution in [-0.2, 0) is 14.3 Å². The van der Waals surface area contributed by atoms with E-state index in [1.54, 1.807) is 11.8 Å². The van der Waals surface area contributed by atoms with Gasteiger partial charge in [-0.25, -0.2) is 0 Å². The number of carbonyl (C=O) groups excluding carboxylic acids is 2. The van der Waals surface area contributed by atoms with Gasteiger partial charge in [0.25, 0.3) is 0 Å². The predicted octanol–water partition coefficient (Wildman–Crippen LogP) is 4.77. The summed E-state index contributed by atoms with van der Waals surface area (Å²) in [5.74, 6) is 0.547. The molecule has 0 saturated heterocycles. The highest BCUT2D eigenvalue weighted by atomic mass is 32.2. The number of thioether (sulfide) groups is 1. The predicted molar refractivity (Wildman–Crippen MR) is 138 cm³/mol. The molecule has 3 unspecified atom stereocenters. The van der Waals surface area contributed by atoms with Crippen LogP contribution < -0.4 is 5.32 Å². The van der Waals surface area contributed by atoms with Crippen LogP contribution in [-0.4, -0.2) is 53.2 Å². The highest BCUT2D eigenvalue weighted by molar-refractivity contribution is 8.00. The number of ether oxygens (including phenoxy) is 1. The molecule has 0 spiro atoms. The van der Waals surface area contributed by atoms with Crippen molar-refractivity contribution in [1.29, 1.82) is 0 Å². The van der Waals surface area contributed by atoms with E-state index in [2.05, 4.69) is 32.7 Å². The van der Waals surface area contributed by atoms with Gasteiger partial charge in [0, 0.05) is 34.5 Å². The minimum atomic E-state index is -0.621. The molecule has 4 rings (SSSR count). The third-order valence-corrected chi connectivity index (χ3v) is 12.1. The SMILES string of the molecule is C=C[C@]1(C)C[C@@H](OC(=O)CSC2CCC(NC)C2)[C@]2(C)[C@H](C)CCC3(CCC(=O)[C@H]32)[C@@H](C)[C@@H]1O. The van der Waals surface area contributed by atoms with E-state index in [1.165, 1.54) is 0 Å². The Kier molecular flexibility index (Phi) is 7.37. The first-order chi connectivity index (χ1) is 16.0. The molecule has 0 radical (unpaired) electrons. The van der Waals surface area contributed by atoms with E-state index in [1.807, 2.05) is 20.0 Å². The first kappa shape index (κ1) is 26.2. The van der Waals surface area contributed by atoms with E-state index in [-0.39, 0.29) is 29.1 Å². The second-order valence-corrected chi connectivity index (χ2v) is 13.6. The number of hydrogen-bond acceptors (Lipinski definition) is 6. The molecular formula is C28H45NO4S. The Hall–Kier alpha value is -0.850. The third kappa shape index (κ3) is 4.10. The molecule has 4 fully saturated rings. The van der Waals surface area contributed by atoms with Gasteiger partial charge in [0.15, 0.2) is 0 Å². The molecule has 0 heterocycles. The van der Waals surface area contributed by atoms with Crippen molar-refractivity contribution in [2.24, 2.45) is 34.0 Å². The lowest BCUT2D eigenvalue weighted by atomic mass is 9.44. The van der Waals surface area contributed by atoms with Gasteiger partial charge in [0.1, 0.15) is 11.9 Å². The van der Waals surface area contributed by atoms with Gasteiger partial charge < -0.3 is 15.2 Å². The number of rotatable bonds is 6. The van der Waals surface area contributed by atoms with Gasteiger partial charge in [0.2, 0.25) is 0 Å². The molecule has 4 aliphatic rings. The standard InChI is InChI=1S/C28H45NO4S/c1-7-26(4)15-22(33-23(31)16-34-20-9-8-19(14-20)29-6)27(5)17(2)10-12-28(18(3)25(26)32)13-11-21(30)24(27)28/h7,17-20,22,24-25,29,32H,1,8-16H2,2-6H3/t17-,18+,19?,20?,22-,24+,25+,26-,27+,28?/m1/s1. The summed E-state index contributed by atoms with van der Waals surface area (Å²) in [5.41, 5.74) is -1.24. The first-order valence-electron chi connectivity index (χ1n) is 13.3. The molecule has 2 bridgehead atoms. The van der Waals surface area contributed by atoms with Crippen LogP contribution in [0.3, 0.4) is 0 Å². The Labute approximate surface area is 210 Å². The highest BCUT2D eigenvalue weighted by Gasteiger charge is 2.68. The molecule has 4 saturated carbocycles. The van der Waals surface area contributed by atoms with Crippen molar-refractivity contribution >= 4 is 23.5 Å². The zero-order chi connectivity index (χ0) is 24.9. The molecule has 4 aliphatic carbocycles. The maximum absolute atomic E-state index is 13.5. The number of esters is 1. The summed E-state index contributed by atoms with van der Waals surface area (Å²) in [6, 6.07) is 0.541. The lowest BCUT2D eigenvalue weighted by Gasteiger charge is -2.61. The van der Waals surface area contributed by atoms with Gasteiger partial charge in [0.05, 0.1) is 11.9 Å². The van der Waals surface area contributed by atoms with Crippen molar-refractivity contribution in [2.45, 2.75) is 103 Å². The van der Waals surface area contributed by atoms with Crippen LogP contribution in [0.5, 0.6) is 0 Å². The van der Waals surface area contributed by atoms with Crippen molar-refractivity contribution in [1.82, 2.24) is 5.32 Å². The smallest absolute Gasteiger partial charge is 0.316 e. The number of carbonyl (C=O) groups is 2. The second kappa shape index (κ2) is 9.55. The highest BCUT2D eigenvalue weighted by Crippen LogP contribution is 2.68. The molecule has 5 nitrogen and oxygen atoms in total. The average Bonchev–Trinajstić information content (AvgIpc) is 3.43. The van der Waals surface area contributed by atoms with Crippen molar-refractivity contribution in [3.05, 3.63) is 12.7 Å². The molecule has 0 aromatic heterocycles. The van der Waals surface area contributed by atoms with E-state index in [9.17, 15) is 14.7 Å². The first-order valence-corrected chi connectivity index (χ1v) is 14.4.